The van der Waals surface area contributed by atoms with Crippen molar-refractivity contribution in [2.45, 2.75) is 19.4 Å². The van der Waals surface area contributed by atoms with E-state index in [0.29, 0.717) is 38.5 Å². The Morgan fingerprint density at radius 1 is 1.26 bits per heavy atom. The van der Waals surface area contributed by atoms with Crippen LogP contribution in [0.15, 0.2) is 36.7 Å². The first-order valence-electron chi connectivity index (χ1n) is 9.28. The topological polar surface area (TPSA) is 57.7 Å². The van der Waals surface area contributed by atoms with Crippen molar-refractivity contribution in [1.82, 2.24) is 15.2 Å². The molecule has 0 spiro atoms. The molecule has 1 aromatic heterocycles. The van der Waals surface area contributed by atoms with Gasteiger partial charge in [-0.15, -0.1) is 0 Å². The summed E-state index contributed by atoms with van der Waals surface area (Å²) in [6, 6.07) is 7.47. The summed E-state index contributed by atoms with van der Waals surface area (Å²) in [5.41, 5.74) is 2.83. The van der Waals surface area contributed by atoms with Gasteiger partial charge in [0.25, 0.3) is 0 Å². The van der Waals surface area contributed by atoms with Gasteiger partial charge in [-0.25, -0.2) is 9.18 Å². The molecule has 7 heteroatoms. The first kappa shape index (κ1) is 17.6. The molecule has 1 atom stereocenters. The van der Waals surface area contributed by atoms with E-state index in [0.717, 1.165) is 17.7 Å². The Balaban J connectivity index is 1.36. The van der Waals surface area contributed by atoms with E-state index in [-0.39, 0.29) is 17.9 Å². The van der Waals surface area contributed by atoms with Crippen LogP contribution in [0.4, 0.5) is 14.9 Å². The standard InChI is InChI=1S/C20H23FN4O2/c1-14(15-3-2-4-19-16(15)6-12-27-19)23-20(26)25-10-8-24(9-11-25)18-5-7-22-13-17(18)21/h2-5,7,13-14H,6,8-12H2,1H3,(H,23,26)/t14-/m1/s1. The number of fused-ring (bicyclic) bond motifs is 1. The van der Waals surface area contributed by atoms with Gasteiger partial charge < -0.3 is 19.9 Å². The highest BCUT2D eigenvalue weighted by Gasteiger charge is 2.25. The lowest BCUT2D eigenvalue weighted by Gasteiger charge is -2.36. The van der Waals surface area contributed by atoms with Crippen molar-refractivity contribution in [3.05, 3.63) is 53.6 Å². The number of rotatable bonds is 3. The lowest BCUT2D eigenvalue weighted by atomic mass is 9.99. The van der Waals surface area contributed by atoms with Crippen molar-refractivity contribution in [2.75, 3.05) is 37.7 Å². The van der Waals surface area contributed by atoms with Crippen molar-refractivity contribution >= 4 is 11.7 Å². The number of carbonyl (C=O) groups excluding carboxylic acids is 1. The normalized spacial score (nSPS) is 17.3. The number of aromatic nitrogens is 1. The second-order valence-corrected chi connectivity index (χ2v) is 6.89. The van der Waals surface area contributed by atoms with Gasteiger partial charge in [-0.3, -0.25) is 4.98 Å². The van der Waals surface area contributed by atoms with Gasteiger partial charge >= 0.3 is 6.03 Å². The van der Waals surface area contributed by atoms with Crippen LogP contribution in [0.2, 0.25) is 0 Å². The van der Waals surface area contributed by atoms with E-state index in [1.807, 2.05) is 30.0 Å². The summed E-state index contributed by atoms with van der Waals surface area (Å²) in [6.45, 7) is 4.98. The number of halogens is 1. The fourth-order valence-corrected chi connectivity index (χ4v) is 3.78. The van der Waals surface area contributed by atoms with Crippen LogP contribution in [0.25, 0.3) is 0 Å². The monoisotopic (exact) mass is 370 g/mol. The number of amides is 2. The molecule has 2 aromatic rings. The van der Waals surface area contributed by atoms with Gasteiger partial charge in [0.1, 0.15) is 5.75 Å². The van der Waals surface area contributed by atoms with Crippen LogP contribution in [-0.2, 0) is 6.42 Å². The molecule has 4 rings (SSSR count). The maximum absolute atomic E-state index is 13.9. The zero-order valence-electron chi connectivity index (χ0n) is 15.3. The van der Waals surface area contributed by atoms with Crippen LogP contribution in [0, 0.1) is 5.82 Å². The van der Waals surface area contributed by atoms with Crippen molar-refractivity contribution in [3.63, 3.8) is 0 Å². The van der Waals surface area contributed by atoms with Gasteiger partial charge in [0, 0.05) is 44.4 Å². The summed E-state index contributed by atoms with van der Waals surface area (Å²) in [4.78, 5) is 20.2. The van der Waals surface area contributed by atoms with Crippen LogP contribution in [0.1, 0.15) is 24.1 Å². The summed E-state index contributed by atoms with van der Waals surface area (Å²) < 4.78 is 19.5. The Morgan fingerprint density at radius 2 is 2.07 bits per heavy atom. The minimum Gasteiger partial charge on any atom is -0.493 e. The van der Waals surface area contributed by atoms with Crippen LogP contribution < -0.4 is 15.0 Å². The van der Waals surface area contributed by atoms with Gasteiger partial charge in [0.2, 0.25) is 0 Å². The number of benzene rings is 1. The fraction of sp³-hybridized carbons (Fsp3) is 0.400. The van der Waals surface area contributed by atoms with Crippen LogP contribution in [0.5, 0.6) is 5.75 Å². The number of piperazine rings is 1. The third-order valence-electron chi connectivity index (χ3n) is 5.24. The van der Waals surface area contributed by atoms with Gasteiger partial charge in [0.05, 0.1) is 24.5 Å². The summed E-state index contributed by atoms with van der Waals surface area (Å²) in [6.07, 6.45) is 3.68. The molecule has 1 saturated heterocycles. The first-order valence-corrected chi connectivity index (χ1v) is 9.28. The number of pyridine rings is 1. The SMILES string of the molecule is C[C@@H](NC(=O)N1CCN(c2ccncc2F)CC1)c1cccc2c1CCO2. The second-order valence-electron chi connectivity index (χ2n) is 6.89. The molecule has 0 unspecified atom stereocenters. The highest BCUT2D eigenvalue weighted by atomic mass is 19.1. The van der Waals surface area contributed by atoms with E-state index in [1.165, 1.54) is 11.8 Å². The molecule has 3 heterocycles. The maximum atomic E-state index is 13.9. The predicted octanol–water partition coefficient (Wildman–Crippen LogP) is 2.75. The molecule has 0 bridgehead atoms. The predicted molar refractivity (Wildman–Crippen MR) is 101 cm³/mol. The number of ether oxygens (including phenoxy) is 1. The molecule has 1 N–H and O–H groups in total. The van der Waals surface area contributed by atoms with Gasteiger partial charge in [-0.1, -0.05) is 12.1 Å². The molecule has 6 nitrogen and oxygen atoms in total. The Hall–Kier alpha value is -2.83. The van der Waals surface area contributed by atoms with Gasteiger partial charge in [-0.05, 0) is 24.6 Å². The summed E-state index contributed by atoms with van der Waals surface area (Å²) in [7, 11) is 0. The maximum Gasteiger partial charge on any atom is 0.317 e. The largest absolute Gasteiger partial charge is 0.493 e. The zero-order chi connectivity index (χ0) is 18.8. The number of hydrogen-bond acceptors (Lipinski definition) is 4. The molecule has 2 amide bonds. The molecular formula is C20H23FN4O2. The molecule has 2 aliphatic heterocycles. The third kappa shape index (κ3) is 3.54. The number of nitrogens with zero attached hydrogens (tertiary/aromatic N) is 3. The Bertz CT molecular complexity index is 836. The molecule has 142 valence electrons. The number of urea groups is 1. The highest BCUT2D eigenvalue weighted by Crippen LogP contribution is 2.31. The smallest absolute Gasteiger partial charge is 0.317 e. The lowest BCUT2D eigenvalue weighted by Crippen LogP contribution is -2.52. The lowest BCUT2D eigenvalue weighted by molar-refractivity contribution is 0.191. The average molecular weight is 370 g/mol. The molecule has 1 fully saturated rings. The van der Waals surface area contributed by atoms with Crippen LogP contribution in [0.3, 0.4) is 0 Å². The fourth-order valence-electron chi connectivity index (χ4n) is 3.78. The van der Waals surface area contributed by atoms with Crippen LogP contribution in [-0.4, -0.2) is 48.7 Å². The number of carbonyl (C=O) groups is 1. The molecule has 0 saturated carbocycles. The van der Waals surface area contributed by atoms with E-state index in [2.05, 4.69) is 10.3 Å². The number of anilines is 1. The Morgan fingerprint density at radius 3 is 2.85 bits per heavy atom. The van der Waals surface area contributed by atoms with Crippen LogP contribution >= 0.6 is 0 Å². The van der Waals surface area contributed by atoms with Crippen molar-refractivity contribution in [2.24, 2.45) is 0 Å². The molecule has 0 aliphatic carbocycles. The van der Waals surface area contributed by atoms with E-state index in [9.17, 15) is 9.18 Å². The first-order chi connectivity index (χ1) is 13.1. The quantitative estimate of drug-likeness (QED) is 0.903. The summed E-state index contributed by atoms with van der Waals surface area (Å²) in [5.74, 6) is 0.589. The second kappa shape index (κ2) is 7.42. The molecule has 2 aliphatic rings. The average Bonchev–Trinajstić information content (AvgIpc) is 3.17. The van der Waals surface area contributed by atoms with E-state index in [1.54, 1.807) is 17.2 Å². The van der Waals surface area contributed by atoms with E-state index < -0.39 is 0 Å². The molecule has 1 aromatic carbocycles. The number of nitrogens with one attached hydrogen (secondary N) is 1. The number of hydrogen-bond donors (Lipinski definition) is 1. The van der Waals surface area contributed by atoms with Gasteiger partial charge in [-0.2, -0.15) is 0 Å². The minimum absolute atomic E-state index is 0.0890. The highest BCUT2D eigenvalue weighted by molar-refractivity contribution is 5.75. The van der Waals surface area contributed by atoms with Crippen molar-refractivity contribution in [1.29, 1.82) is 0 Å². The molecule has 27 heavy (non-hydrogen) atoms. The third-order valence-corrected chi connectivity index (χ3v) is 5.24. The molecular weight excluding hydrogens is 347 g/mol. The van der Waals surface area contributed by atoms with Crippen molar-refractivity contribution in [3.8, 4) is 5.75 Å². The van der Waals surface area contributed by atoms with E-state index >= 15 is 0 Å². The minimum atomic E-state index is -0.329. The Kier molecular flexibility index (Phi) is 4.83. The Labute approximate surface area is 157 Å². The summed E-state index contributed by atoms with van der Waals surface area (Å²) >= 11 is 0. The molecule has 0 radical (unpaired) electrons. The zero-order valence-corrected chi connectivity index (χ0v) is 15.3. The summed E-state index contributed by atoms with van der Waals surface area (Å²) in [5, 5.41) is 3.09. The van der Waals surface area contributed by atoms with E-state index in [4.69, 9.17) is 4.74 Å². The van der Waals surface area contributed by atoms with Gasteiger partial charge in [0.15, 0.2) is 5.82 Å². The van der Waals surface area contributed by atoms with Crippen molar-refractivity contribution < 1.29 is 13.9 Å².